The molecule has 1 N–H and O–H groups in total. The molecule has 0 aliphatic carbocycles. The van der Waals surface area contributed by atoms with Crippen LogP contribution in [0, 0.1) is 0 Å². The van der Waals surface area contributed by atoms with Crippen LogP contribution in [0.4, 0.5) is 0 Å². The van der Waals surface area contributed by atoms with Crippen molar-refractivity contribution in [3.05, 3.63) is 30.1 Å². The van der Waals surface area contributed by atoms with Gasteiger partial charge in [-0.05, 0) is 24.1 Å². The zero-order valence-electron chi connectivity index (χ0n) is 8.50. The molecule has 2 atom stereocenters. The molecule has 2 heterocycles. The molecular formula is C11H15NOS2. The number of nitrogens with zero attached hydrogens (tertiary/aromatic N) is 1. The highest BCUT2D eigenvalue weighted by molar-refractivity contribution is 8.06. The van der Waals surface area contributed by atoms with Gasteiger partial charge in [0, 0.05) is 34.9 Å². The van der Waals surface area contributed by atoms with Gasteiger partial charge in [-0.1, -0.05) is 0 Å². The summed E-state index contributed by atoms with van der Waals surface area (Å²) in [4.78, 5) is 3.97. The predicted molar refractivity (Wildman–Crippen MR) is 67.5 cm³/mol. The van der Waals surface area contributed by atoms with E-state index in [-0.39, 0.29) is 6.10 Å². The molecule has 2 unspecified atom stereocenters. The van der Waals surface area contributed by atoms with Crippen LogP contribution in [0.25, 0.3) is 0 Å². The first-order chi connectivity index (χ1) is 7.36. The third-order valence-electron chi connectivity index (χ3n) is 2.47. The molecule has 1 saturated heterocycles. The summed E-state index contributed by atoms with van der Waals surface area (Å²) >= 11 is 3.85. The van der Waals surface area contributed by atoms with Crippen molar-refractivity contribution in [1.29, 1.82) is 0 Å². The van der Waals surface area contributed by atoms with Crippen molar-refractivity contribution in [2.24, 2.45) is 0 Å². The molecule has 0 radical (unpaired) electrons. The van der Waals surface area contributed by atoms with Crippen LogP contribution in [0.1, 0.15) is 5.56 Å². The minimum atomic E-state index is -0.217. The lowest BCUT2D eigenvalue weighted by molar-refractivity contribution is 0.177. The summed E-state index contributed by atoms with van der Waals surface area (Å²) in [6, 6.07) is 3.95. The molecule has 1 aliphatic heterocycles. The third kappa shape index (κ3) is 3.40. The van der Waals surface area contributed by atoms with E-state index in [1.165, 1.54) is 17.1 Å². The van der Waals surface area contributed by atoms with E-state index in [1.807, 2.05) is 35.7 Å². The van der Waals surface area contributed by atoms with E-state index in [0.717, 1.165) is 12.2 Å². The van der Waals surface area contributed by atoms with Gasteiger partial charge in [-0.2, -0.15) is 23.5 Å². The molecule has 2 nitrogen and oxygen atoms in total. The Kier molecular flexibility index (Phi) is 4.35. The second kappa shape index (κ2) is 5.77. The van der Waals surface area contributed by atoms with Crippen LogP contribution in [0.3, 0.4) is 0 Å². The molecule has 0 spiro atoms. The van der Waals surface area contributed by atoms with Crippen LogP contribution in [-0.4, -0.2) is 38.7 Å². The Morgan fingerprint density at radius 3 is 2.87 bits per heavy atom. The van der Waals surface area contributed by atoms with Crippen molar-refractivity contribution in [3.63, 3.8) is 0 Å². The molecule has 0 amide bonds. The van der Waals surface area contributed by atoms with Crippen molar-refractivity contribution in [3.8, 4) is 0 Å². The Balaban J connectivity index is 1.88. The number of rotatable bonds is 3. The molecule has 0 saturated carbocycles. The number of aliphatic hydroxyl groups is 1. The summed E-state index contributed by atoms with van der Waals surface area (Å²) in [7, 11) is 0. The molecule has 15 heavy (non-hydrogen) atoms. The van der Waals surface area contributed by atoms with Crippen LogP contribution in [0.15, 0.2) is 24.5 Å². The molecule has 0 bridgehead atoms. The lowest BCUT2D eigenvalue weighted by Gasteiger charge is -2.25. The zero-order chi connectivity index (χ0) is 10.5. The van der Waals surface area contributed by atoms with E-state index in [2.05, 4.69) is 4.98 Å². The van der Waals surface area contributed by atoms with Gasteiger partial charge in [0.2, 0.25) is 0 Å². The summed E-state index contributed by atoms with van der Waals surface area (Å²) < 4.78 is 0. The fraction of sp³-hybridized carbons (Fsp3) is 0.545. The van der Waals surface area contributed by atoms with E-state index in [9.17, 15) is 5.11 Å². The lowest BCUT2D eigenvalue weighted by Crippen LogP contribution is -2.30. The highest BCUT2D eigenvalue weighted by atomic mass is 32.2. The molecule has 82 valence electrons. The molecule has 1 aromatic heterocycles. The second-order valence-corrected chi connectivity index (χ2v) is 6.11. The Morgan fingerprint density at radius 1 is 1.40 bits per heavy atom. The van der Waals surface area contributed by atoms with E-state index < -0.39 is 0 Å². The van der Waals surface area contributed by atoms with Crippen LogP contribution in [-0.2, 0) is 6.42 Å². The van der Waals surface area contributed by atoms with E-state index >= 15 is 0 Å². The van der Waals surface area contributed by atoms with E-state index in [1.54, 1.807) is 12.4 Å². The summed E-state index contributed by atoms with van der Waals surface area (Å²) in [5, 5.41) is 10.5. The Hall–Kier alpha value is -0.190. The first-order valence-electron chi connectivity index (χ1n) is 5.12. The van der Waals surface area contributed by atoms with Crippen molar-refractivity contribution in [2.45, 2.75) is 17.8 Å². The monoisotopic (exact) mass is 241 g/mol. The largest absolute Gasteiger partial charge is 0.392 e. The number of hydrogen-bond acceptors (Lipinski definition) is 4. The predicted octanol–water partition coefficient (Wildman–Crippen LogP) is 1.83. The topological polar surface area (TPSA) is 33.1 Å². The number of aliphatic hydroxyl groups excluding tert-OH is 1. The average molecular weight is 241 g/mol. The summed E-state index contributed by atoms with van der Waals surface area (Å²) in [6.07, 6.45) is 4.10. The van der Waals surface area contributed by atoms with E-state index in [4.69, 9.17) is 0 Å². The van der Waals surface area contributed by atoms with Crippen molar-refractivity contribution in [1.82, 2.24) is 4.98 Å². The van der Waals surface area contributed by atoms with Crippen LogP contribution >= 0.6 is 23.5 Å². The standard InChI is InChI=1S/C11H15NOS2/c13-10(11-8-14-5-6-15-11)7-9-1-3-12-4-2-9/h1-4,10-11,13H,5-8H2. The van der Waals surface area contributed by atoms with Crippen LogP contribution in [0.5, 0.6) is 0 Å². The van der Waals surface area contributed by atoms with Gasteiger partial charge in [-0.15, -0.1) is 0 Å². The number of aromatic nitrogens is 1. The minimum absolute atomic E-state index is 0.217. The highest BCUT2D eigenvalue weighted by Gasteiger charge is 2.22. The summed E-state index contributed by atoms with van der Waals surface area (Å²) in [5.74, 6) is 3.47. The maximum atomic E-state index is 10.1. The lowest BCUT2D eigenvalue weighted by atomic mass is 10.1. The van der Waals surface area contributed by atoms with Gasteiger partial charge in [-0.3, -0.25) is 4.98 Å². The van der Waals surface area contributed by atoms with Gasteiger partial charge >= 0.3 is 0 Å². The SMILES string of the molecule is OC(Cc1ccncc1)C1CSCCS1. The highest BCUT2D eigenvalue weighted by Crippen LogP contribution is 2.27. The van der Waals surface area contributed by atoms with Gasteiger partial charge in [0.25, 0.3) is 0 Å². The molecular weight excluding hydrogens is 226 g/mol. The Labute approximate surface area is 98.9 Å². The fourth-order valence-corrected chi connectivity index (χ4v) is 4.39. The summed E-state index contributed by atoms with van der Waals surface area (Å²) in [5.41, 5.74) is 1.17. The molecule has 4 heteroatoms. The number of thioether (sulfide) groups is 2. The van der Waals surface area contributed by atoms with Crippen LogP contribution < -0.4 is 0 Å². The molecule has 1 aliphatic rings. The molecule has 2 rings (SSSR count). The normalized spacial score (nSPS) is 23.7. The van der Waals surface area contributed by atoms with Gasteiger partial charge in [0.1, 0.15) is 0 Å². The summed E-state index contributed by atoms with van der Waals surface area (Å²) in [6.45, 7) is 0. The Morgan fingerprint density at radius 2 is 2.20 bits per heavy atom. The molecule has 1 aromatic rings. The van der Waals surface area contributed by atoms with Crippen molar-refractivity contribution < 1.29 is 5.11 Å². The first kappa shape index (κ1) is 11.3. The first-order valence-corrected chi connectivity index (χ1v) is 7.33. The quantitative estimate of drug-likeness (QED) is 0.875. The minimum Gasteiger partial charge on any atom is -0.392 e. The van der Waals surface area contributed by atoms with Crippen molar-refractivity contribution >= 4 is 23.5 Å². The van der Waals surface area contributed by atoms with Gasteiger partial charge in [0.05, 0.1) is 6.10 Å². The van der Waals surface area contributed by atoms with Crippen molar-refractivity contribution in [2.75, 3.05) is 17.3 Å². The molecule has 1 fully saturated rings. The zero-order valence-corrected chi connectivity index (χ0v) is 10.1. The third-order valence-corrected chi connectivity index (χ3v) is 5.37. The van der Waals surface area contributed by atoms with E-state index in [0.29, 0.717) is 5.25 Å². The second-order valence-electron chi connectivity index (χ2n) is 3.61. The number of pyridine rings is 1. The van der Waals surface area contributed by atoms with Gasteiger partial charge in [-0.25, -0.2) is 0 Å². The van der Waals surface area contributed by atoms with Gasteiger partial charge in [0.15, 0.2) is 0 Å². The van der Waals surface area contributed by atoms with Gasteiger partial charge < -0.3 is 5.11 Å². The Bertz CT molecular complexity index is 288. The smallest absolute Gasteiger partial charge is 0.0707 e. The maximum Gasteiger partial charge on any atom is 0.0707 e. The average Bonchev–Trinajstić information content (AvgIpc) is 2.31. The number of hydrogen-bond donors (Lipinski definition) is 1. The molecule has 0 aromatic carbocycles. The van der Waals surface area contributed by atoms with Crippen LogP contribution in [0.2, 0.25) is 0 Å². The maximum absolute atomic E-state index is 10.1. The fourth-order valence-electron chi connectivity index (χ4n) is 1.62.